The largest absolute Gasteiger partial charge is 0.365 e. The van der Waals surface area contributed by atoms with Crippen LogP contribution in [-0.4, -0.2) is 26.1 Å². The lowest BCUT2D eigenvalue weighted by Crippen LogP contribution is -2.25. The number of rotatable bonds is 1. The summed E-state index contributed by atoms with van der Waals surface area (Å²) in [6.07, 6.45) is 0. The van der Waals surface area contributed by atoms with Crippen molar-refractivity contribution in [1.29, 1.82) is 0 Å². The van der Waals surface area contributed by atoms with Gasteiger partial charge in [0.25, 0.3) is 0 Å². The van der Waals surface area contributed by atoms with Crippen LogP contribution in [-0.2, 0) is 4.74 Å². The van der Waals surface area contributed by atoms with Crippen LogP contribution < -0.4 is 5.32 Å². The summed E-state index contributed by atoms with van der Waals surface area (Å²) in [4.78, 5) is 0. The second kappa shape index (κ2) is 2.23. The second-order valence-electron chi connectivity index (χ2n) is 1.57. The first-order chi connectivity index (χ1) is 3.43. The summed E-state index contributed by atoms with van der Waals surface area (Å²) in [5.74, 6) is 0. The van der Waals surface area contributed by atoms with Crippen molar-refractivity contribution in [2.45, 2.75) is 6.04 Å². The number of ether oxygens (including phenoxy) is 1. The SMILES string of the molecule is FC[C@@H]1COCN1. The number of halogens is 1. The van der Waals surface area contributed by atoms with E-state index in [2.05, 4.69) is 5.32 Å². The third kappa shape index (κ3) is 1.11. The summed E-state index contributed by atoms with van der Waals surface area (Å²) in [6.45, 7) is 0.713. The van der Waals surface area contributed by atoms with Gasteiger partial charge in [-0.25, -0.2) is 4.39 Å². The van der Waals surface area contributed by atoms with Crippen LogP contribution in [0.1, 0.15) is 0 Å². The van der Waals surface area contributed by atoms with Crippen molar-refractivity contribution >= 4 is 0 Å². The average molecular weight is 105 g/mol. The molecular formula is C4H8FNO. The molecule has 42 valence electrons. The summed E-state index contributed by atoms with van der Waals surface area (Å²) in [5, 5.41) is 2.81. The van der Waals surface area contributed by atoms with Gasteiger partial charge in [-0.05, 0) is 0 Å². The maximum Gasteiger partial charge on any atom is 0.107 e. The van der Waals surface area contributed by atoms with E-state index in [-0.39, 0.29) is 12.7 Å². The molecule has 0 aromatic rings. The Labute approximate surface area is 41.7 Å². The standard InChI is InChI=1S/C4H8FNO/c5-1-4-2-7-3-6-4/h4,6H,1-3H2/t4-/m1/s1. The Kier molecular flexibility index (Phi) is 1.59. The lowest BCUT2D eigenvalue weighted by Gasteiger charge is -1.96. The molecule has 0 aromatic carbocycles. The molecule has 1 heterocycles. The molecule has 0 aromatic heterocycles. The minimum atomic E-state index is -0.319. The lowest BCUT2D eigenvalue weighted by atomic mass is 10.4. The molecule has 1 atom stereocenters. The Balaban J connectivity index is 2.14. The van der Waals surface area contributed by atoms with Gasteiger partial charge >= 0.3 is 0 Å². The quantitative estimate of drug-likeness (QED) is 0.503. The molecule has 0 aliphatic carbocycles. The molecule has 0 radical (unpaired) electrons. The molecule has 3 heteroatoms. The number of hydrogen-bond acceptors (Lipinski definition) is 2. The van der Waals surface area contributed by atoms with Gasteiger partial charge in [-0.15, -0.1) is 0 Å². The normalized spacial score (nSPS) is 31.3. The summed E-state index contributed by atoms with van der Waals surface area (Å²) in [7, 11) is 0. The zero-order valence-corrected chi connectivity index (χ0v) is 3.98. The fourth-order valence-corrected chi connectivity index (χ4v) is 0.536. The molecule has 2 nitrogen and oxygen atoms in total. The molecule has 0 amide bonds. The first kappa shape index (κ1) is 5.00. The summed E-state index contributed by atoms with van der Waals surface area (Å²) >= 11 is 0. The molecule has 1 saturated heterocycles. The van der Waals surface area contributed by atoms with Crippen LogP contribution in [0.25, 0.3) is 0 Å². The average Bonchev–Trinajstić information content (AvgIpc) is 2.14. The van der Waals surface area contributed by atoms with E-state index in [4.69, 9.17) is 4.74 Å². The van der Waals surface area contributed by atoms with Crippen LogP contribution in [0.5, 0.6) is 0 Å². The van der Waals surface area contributed by atoms with Crippen LogP contribution in [0.2, 0.25) is 0 Å². The minimum Gasteiger partial charge on any atom is -0.365 e. The van der Waals surface area contributed by atoms with Crippen LogP contribution in [0.15, 0.2) is 0 Å². The first-order valence-electron chi connectivity index (χ1n) is 2.30. The molecular weight excluding hydrogens is 97.0 g/mol. The van der Waals surface area contributed by atoms with Crippen molar-refractivity contribution in [2.24, 2.45) is 0 Å². The van der Waals surface area contributed by atoms with E-state index in [1.165, 1.54) is 0 Å². The van der Waals surface area contributed by atoms with Gasteiger partial charge in [0.15, 0.2) is 0 Å². The summed E-state index contributed by atoms with van der Waals surface area (Å²) in [6, 6.07) is -0.0417. The van der Waals surface area contributed by atoms with E-state index in [9.17, 15) is 4.39 Å². The topological polar surface area (TPSA) is 21.3 Å². The van der Waals surface area contributed by atoms with Gasteiger partial charge in [0.05, 0.1) is 19.4 Å². The molecule has 1 fully saturated rings. The zero-order valence-electron chi connectivity index (χ0n) is 3.98. The highest BCUT2D eigenvalue weighted by atomic mass is 19.1. The van der Waals surface area contributed by atoms with Gasteiger partial charge in [0.1, 0.15) is 6.67 Å². The maximum absolute atomic E-state index is 11.6. The van der Waals surface area contributed by atoms with Gasteiger partial charge in [-0.2, -0.15) is 0 Å². The summed E-state index contributed by atoms with van der Waals surface area (Å²) in [5.41, 5.74) is 0. The highest BCUT2D eigenvalue weighted by molar-refractivity contribution is 4.66. The van der Waals surface area contributed by atoms with Gasteiger partial charge in [-0.1, -0.05) is 0 Å². The first-order valence-corrected chi connectivity index (χ1v) is 2.30. The zero-order chi connectivity index (χ0) is 5.11. The number of hydrogen-bond donors (Lipinski definition) is 1. The van der Waals surface area contributed by atoms with E-state index < -0.39 is 0 Å². The molecule has 7 heavy (non-hydrogen) atoms. The predicted molar refractivity (Wildman–Crippen MR) is 23.7 cm³/mol. The molecule has 1 rings (SSSR count). The predicted octanol–water partition coefficient (Wildman–Crippen LogP) is -0.0982. The van der Waals surface area contributed by atoms with Crippen LogP contribution in [0.4, 0.5) is 4.39 Å². The van der Waals surface area contributed by atoms with E-state index >= 15 is 0 Å². The lowest BCUT2D eigenvalue weighted by molar-refractivity contribution is 0.187. The number of nitrogens with one attached hydrogen (secondary N) is 1. The van der Waals surface area contributed by atoms with Gasteiger partial charge < -0.3 is 4.74 Å². The number of alkyl halides is 1. The van der Waals surface area contributed by atoms with Crippen LogP contribution in [0.3, 0.4) is 0 Å². The third-order valence-electron chi connectivity index (χ3n) is 0.979. The van der Waals surface area contributed by atoms with Crippen molar-refractivity contribution in [3.63, 3.8) is 0 Å². The molecule has 1 aliphatic heterocycles. The van der Waals surface area contributed by atoms with Crippen molar-refractivity contribution < 1.29 is 9.13 Å². The highest BCUT2D eigenvalue weighted by Crippen LogP contribution is 1.92. The fourth-order valence-electron chi connectivity index (χ4n) is 0.536. The Morgan fingerprint density at radius 1 is 1.86 bits per heavy atom. The fraction of sp³-hybridized carbons (Fsp3) is 1.00. The molecule has 1 N–H and O–H groups in total. The second-order valence-corrected chi connectivity index (χ2v) is 1.57. The Morgan fingerprint density at radius 2 is 2.71 bits per heavy atom. The molecule has 0 spiro atoms. The Morgan fingerprint density at radius 3 is 3.00 bits per heavy atom. The van der Waals surface area contributed by atoms with Gasteiger partial charge in [0, 0.05) is 0 Å². The highest BCUT2D eigenvalue weighted by Gasteiger charge is 2.12. The van der Waals surface area contributed by atoms with Crippen molar-refractivity contribution in [3.05, 3.63) is 0 Å². The Bertz CT molecular complexity index is 53.7. The van der Waals surface area contributed by atoms with Crippen molar-refractivity contribution in [1.82, 2.24) is 5.32 Å². The Hall–Kier alpha value is -0.150. The summed E-state index contributed by atoms with van der Waals surface area (Å²) < 4.78 is 16.4. The minimum absolute atomic E-state index is 0.0417. The third-order valence-corrected chi connectivity index (χ3v) is 0.979. The smallest absolute Gasteiger partial charge is 0.107 e. The van der Waals surface area contributed by atoms with Crippen molar-refractivity contribution in [2.75, 3.05) is 20.0 Å². The van der Waals surface area contributed by atoms with E-state index in [1.54, 1.807) is 0 Å². The molecule has 1 aliphatic rings. The van der Waals surface area contributed by atoms with E-state index in [0.29, 0.717) is 13.3 Å². The van der Waals surface area contributed by atoms with Gasteiger partial charge in [0.2, 0.25) is 0 Å². The van der Waals surface area contributed by atoms with E-state index in [1.807, 2.05) is 0 Å². The maximum atomic E-state index is 11.6. The van der Waals surface area contributed by atoms with E-state index in [0.717, 1.165) is 0 Å². The van der Waals surface area contributed by atoms with Crippen molar-refractivity contribution in [3.8, 4) is 0 Å². The molecule has 0 saturated carbocycles. The monoisotopic (exact) mass is 105 g/mol. The van der Waals surface area contributed by atoms with Crippen LogP contribution in [0, 0.1) is 0 Å². The van der Waals surface area contributed by atoms with Gasteiger partial charge in [-0.3, -0.25) is 5.32 Å². The molecule has 0 unspecified atom stereocenters. The van der Waals surface area contributed by atoms with Crippen LogP contribution >= 0.6 is 0 Å². The molecule has 0 bridgehead atoms.